The first-order valence-corrected chi connectivity index (χ1v) is 9.89. The van der Waals surface area contributed by atoms with Crippen molar-refractivity contribution in [1.29, 1.82) is 0 Å². The van der Waals surface area contributed by atoms with Crippen LogP contribution in [0.15, 0.2) is 18.2 Å². The van der Waals surface area contributed by atoms with E-state index in [4.69, 9.17) is 9.47 Å². The van der Waals surface area contributed by atoms with Crippen LogP contribution in [-0.4, -0.2) is 54.8 Å². The van der Waals surface area contributed by atoms with Crippen LogP contribution in [0.5, 0.6) is 0 Å². The molecule has 0 unspecified atom stereocenters. The number of fused-ring (bicyclic) bond motifs is 2. The van der Waals surface area contributed by atoms with Crippen molar-refractivity contribution in [3.63, 3.8) is 0 Å². The smallest absolute Gasteiger partial charge is 0.410 e. The number of hydrogen-bond donors (Lipinski definition) is 0. The Labute approximate surface area is 162 Å². The van der Waals surface area contributed by atoms with Crippen molar-refractivity contribution in [2.75, 3.05) is 25.1 Å². The lowest BCUT2D eigenvalue weighted by molar-refractivity contribution is 0.0214. The van der Waals surface area contributed by atoms with Gasteiger partial charge in [-0.05, 0) is 51.0 Å². The predicted octanol–water partition coefficient (Wildman–Crippen LogP) is 3.57. The summed E-state index contributed by atoms with van der Waals surface area (Å²) in [5.41, 5.74) is 2.07. The number of likely N-dealkylation sites (tertiary alicyclic amines) is 1. The molecule has 0 spiro atoms. The van der Waals surface area contributed by atoms with E-state index in [1.165, 1.54) is 7.11 Å². The van der Waals surface area contributed by atoms with E-state index >= 15 is 0 Å². The molecule has 142 valence electrons. The molecule has 0 saturated carbocycles. The standard InChI is InChI=1S/C19H25BrN2O4/c1-19(2,3)26-18(24)22-11-14-8-15(22)10-21(14)13-5-6-16(17(23)25-4)12(7-13)9-20/h5-7,14-15H,8-11H2,1-4H3/t14-,15-/m1/s1. The van der Waals surface area contributed by atoms with Gasteiger partial charge in [0.15, 0.2) is 0 Å². The van der Waals surface area contributed by atoms with Crippen LogP contribution in [0.2, 0.25) is 0 Å². The molecule has 1 amide bonds. The van der Waals surface area contributed by atoms with E-state index in [0.717, 1.165) is 24.2 Å². The topological polar surface area (TPSA) is 59.1 Å². The molecule has 0 aliphatic carbocycles. The number of rotatable bonds is 3. The quantitative estimate of drug-likeness (QED) is 0.548. The van der Waals surface area contributed by atoms with E-state index in [2.05, 4.69) is 20.8 Å². The predicted molar refractivity (Wildman–Crippen MR) is 103 cm³/mol. The molecular weight excluding hydrogens is 400 g/mol. The van der Waals surface area contributed by atoms with Gasteiger partial charge in [-0.25, -0.2) is 9.59 Å². The number of ether oxygens (including phenoxy) is 2. The van der Waals surface area contributed by atoms with Gasteiger partial charge in [0.2, 0.25) is 0 Å². The number of piperazine rings is 1. The first-order valence-electron chi connectivity index (χ1n) is 8.77. The maximum absolute atomic E-state index is 12.4. The number of esters is 1. The lowest BCUT2D eigenvalue weighted by Crippen LogP contribution is -2.50. The molecule has 2 aliphatic heterocycles. The van der Waals surface area contributed by atoms with Crippen LogP contribution in [-0.2, 0) is 14.8 Å². The summed E-state index contributed by atoms with van der Waals surface area (Å²) in [6, 6.07) is 6.24. The summed E-state index contributed by atoms with van der Waals surface area (Å²) in [4.78, 5) is 28.4. The number of carbonyl (C=O) groups is 2. The monoisotopic (exact) mass is 424 g/mol. The minimum Gasteiger partial charge on any atom is -0.465 e. The highest BCUT2D eigenvalue weighted by Gasteiger charge is 2.46. The Hall–Kier alpha value is -1.76. The van der Waals surface area contributed by atoms with E-state index < -0.39 is 5.60 Å². The van der Waals surface area contributed by atoms with Gasteiger partial charge in [0.25, 0.3) is 0 Å². The lowest BCUT2D eigenvalue weighted by atomic mass is 10.1. The zero-order valence-corrected chi connectivity index (χ0v) is 17.2. The summed E-state index contributed by atoms with van der Waals surface area (Å²) < 4.78 is 10.4. The molecule has 2 saturated heterocycles. The van der Waals surface area contributed by atoms with Crippen molar-refractivity contribution in [2.24, 2.45) is 0 Å². The number of methoxy groups -OCH3 is 1. The van der Waals surface area contributed by atoms with Crippen molar-refractivity contribution in [2.45, 2.75) is 50.2 Å². The maximum Gasteiger partial charge on any atom is 0.410 e. The number of halogens is 1. The van der Waals surface area contributed by atoms with Gasteiger partial charge in [0, 0.05) is 30.1 Å². The Morgan fingerprint density at radius 2 is 1.96 bits per heavy atom. The van der Waals surface area contributed by atoms with Crippen molar-refractivity contribution in [3.8, 4) is 0 Å². The van der Waals surface area contributed by atoms with Crippen LogP contribution in [0, 0.1) is 0 Å². The Morgan fingerprint density at radius 3 is 2.50 bits per heavy atom. The van der Waals surface area contributed by atoms with E-state index in [9.17, 15) is 9.59 Å². The van der Waals surface area contributed by atoms with Gasteiger partial charge < -0.3 is 19.3 Å². The van der Waals surface area contributed by atoms with Gasteiger partial charge in [-0.3, -0.25) is 0 Å². The molecule has 0 N–H and O–H groups in total. The van der Waals surface area contributed by atoms with Crippen LogP contribution in [0.1, 0.15) is 43.1 Å². The Balaban J connectivity index is 1.73. The van der Waals surface area contributed by atoms with Gasteiger partial charge in [-0.1, -0.05) is 15.9 Å². The molecule has 2 aliphatic rings. The average Bonchev–Trinajstić information content (AvgIpc) is 3.19. The van der Waals surface area contributed by atoms with E-state index in [1.54, 1.807) is 0 Å². The highest BCUT2D eigenvalue weighted by Crippen LogP contribution is 2.36. The number of alkyl halides is 1. The average molecular weight is 425 g/mol. The fraction of sp³-hybridized carbons (Fsp3) is 0.579. The third-order valence-corrected chi connectivity index (χ3v) is 5.44. The Kier molecular flexibility index (Phi) is 5.19. The highest BCUT2D eigenvalue weighted by molar-refractivity contribution is 9.08. The molecule has 3 rings (SSSR count). The number of hydrogen-bond acceptors (Lipinski definition) is 5. The summed E-state index contributed by atoms with van der Waals surface area (Å²) in [5, 5.41) is 0.581. The molecule has 1 aromatic rings. The zero-order chi connectivity index (χ0) is 19.1. The normalized spacial score (nSPS) is 21.9. The van der Waals surface area contributed by atoms with Gasteiger partial charge >= 0.3 is 12.1 Å². The number of amides is 1. The molecule has 2 fully saturated rings. The van der Waals surface area contributed by atoms with Crippen molar-refractivity contribution < 1.29 is 19.1 Å². The molecule has 0 radical (unpaired) electrons. The fourth-order valence-electron chi connectivity index (χ4n) is 3.71. The molecular formula is C19H25BrN2O4. The van der Waals surface area contributed by atoms with Crippen molar-refractivity contribution in [1.82, 2.24) is 4.90 Å². The summed E-state index contributed by atoms with van der Waals surface area (Å²) >= 11 is 3.45. The van der Waals surface area contributed by atoms with E-state index in [0.29, 0.717) is 17.4 Å². The molecule has 6 nitrogen and oxygen atoms in total. The first kappa shape index (κ1) is 19.0. The second-order valence-corrected chi connectivity index (χ2v) is 8.36. The largest absolute Gasteiger partial charge is 0.465 e. The third kappa shape index (κ3) is 3.68. The third-order valence-electron chi connectivity index (χ3n) is 4.84. The van der Waals surface area contributed by atoms with Crippen molar-refractivity contribution >= 4 is 33.7 Å². The second-order valence-electron chi connectivity index (χ2n) is 7.80. The number of carbonyl (C=O) groups excluding carboxylic acids is 2. The SMILES string of the molecule is COC(=O)c1ccc(N2C[C@H]3C[C@@H]2CN3C(=O)OC(C)(C)C)cc1CBr. The van der Waals surface area contributed by atoms with Crippen LogP contribution >= 0.6 is 15.9 Å². The van der Waals surface area contributed by atoms with Crippen LogP contribution in [0.4, 0.5) is 10.5 Å². The highest BCUT2D eigenvalue weighted by atomic mass is 79.9. The van der Waals surface area contributed by atoms with E-state index in [1.807, 2.05) is 43.9 Å². The van der Waals surface area contributed by atoms with E-state index in [-0.39, 0.29) is 24.1 Å². The minimum absolute atomic E-state index is 0.169. The minimum atomic E-state index is -0.479. The number of anilines is 1. The van der Waals surface area contributed by atoms with Gasteiger partial charge in [-0.2, -0.15) is 0 Å². The van der Waals surface area contributed by atoms with Gasteiger partial charge in [0.05, 0.1) is 18.7 Å². The van der Waals surface area contributed by atoms with Crippen LogP contribution < -0.4 is 4.90 Å². The van der Waals surface area contributed by atoms with Gasteiger partial charge in [0.1, 0.15) is 5.60 Å². The summed E-state index contributed by atoms with van der Waals surface area (Å²) in [5.74, 6) is -0.329. The molecule has 0 aromatic heterocycles. The Morgan fingerprint density at radius 1 is 1.23 bits per heavy atom. The van der Waals surface area contributed by atoms with Gasteiger partial charge in [-0.15, -0.1) is 0 Å². The lowest BCUT2D eigenvalue weighted by Gasteiger charge is -2.36. The summed E-state index contributed by atoms with van der Waals surface area (Å²) in [6.45, 7) is 7.10. The summed E-state index contributed by atoms with van der Waals surface area (Å²) in [6.07, 6.45) is 0.716. The molecule has 2 atom stereocenters. The molecule has 1 aromatic carbocycles. The zero-order valence-electron chi connectivity index (χ0n) is 15.6. The molecule has 2 heterocycles. The Bertz CT molecular complexity index is 716. The molecule has 7 heteroatoms. The van der Waals surface area contributed by atoms with Crippen LogP contribution in [0.25, 0.3) is 0 Å². The fourth-order valence-corrected chi connectivity index (χ4v) is 4.17. The molecule has 2 bridgehead atoms. The number of nitrogens with zero attached hydrogens (tertiary/aromatic N) is 2. The maximum atomic E-state index is 12.4. The summed E-state index contributed by atoms with van der Waals surface area (Å²) in [7, 11) is 1.39. The van der Waals surface area contributed by atoms with Crippen molar-refractivity contribution in [3.05, 3.63) is 29.3 Å². The van der Waals surface area contributed by atoms with Crippen LogP contribution in [0.3, 0.4) is 0 Å². The second kappa shape index (κ2) is 7.10. The number of benzene rings is 1. The first-order chi connectivity index (χ1) is 12.2. The molecule has 26 heavy (non-hydrogen) atoms.